The number of rotatable bonds is 4. The zero-order valence-corrected chi connectivity index (χ0v) is 13.7. The molecule has 1 N–H and O–H groups in total. The second-order valence-corrected chi connectivity index (χ2v) is 7.00. The first-order valence-electron chi connectivity index (χ1n) is 7.84. The fourth-order valence-electron chi connectivity index (χ4n) is 3.01. The molecule has 1 aliphatic rings. The van der Waals surface area contributed by atoms with Crippen LogP contribution in [0.2, 0.25) is 0 Å². The topological polar surface area (TPSA) is 15.3 Å². The van der Waals surface area contributed by atoms with Gasteiger partial charge in [-0.2, -0.15) is 0 Å². The second kappa shape index (κ2) is 6.73. The minimum atomic E-state index is 0.410. The molecule has 1 aromatic heterocycles. The van der Waals surface area contributed by atoms with E-state index >= 15 is 0 Å². The van der Waals surface area contributed by atoms with E-state index in [9.17, 15) is 0 Å². The Balaban J connectivity index is 1.91. The molecular formula is C18H24N2S. The third-order valence-electron chi connectivity index (χ3n) is 4.25. The van der Waals surface area contributed by atoms with Gasteiger partial charge in [-0.3, -0.25) is 4.90 Å². The van der Waals surface area contributed by atoms with E-state index in [-0.39, 0.29) is 0 Å². The van der Waals surface area contributed by atoms with Crippen LogP contribution in [0.4, 0.5) is 0 Å². The Morgan fingerprint density at radius 2 is 1.67 bits per heavy atom. The van der Waals surface area contributed by atoms with Gasteiger partial charge in [-0.25, -0.2) is 0 Å². The van der Waals surface area contributed by atoms with Crippen LogP contribution < -0.4 is 5.32 Å². The van der Waals surface area contributed by atoms with Gasteiger partial charge in [-0.05, 0) is 28.5 Å². The van der Waals surface area contributed by atoms with Crippen molar-refractivity contribution in [3.05, 3.63) is 57.8 Å². The fourth-order valence-corrected chi connectivity index (χ4v) is 3.89. The number of nitrogens with one attached hydrogen (secondary N) is 1. The molecule has 0 aliphatic carbocycles. The standard InChI is InChI=1S/C18H24N2S/c1-14(2)15-5-7-16(8-6-15)18(17-4-3-13-21-17)20-11-9-19-10-12-20/h3-8,13-14,18-19H,9-12H2,1-2H3/t18-/m0/s1. The molecule has 1 saturated heterocycles. The first-order valence-corrected chi connectivity index (χ1v) is 8.71. The summed E-state index contributed by atoms with van der Waals surface area (Å²) in [5.41, 5.74) is 2.84. The summed E-state index contributed by atoms with van der Waals surface area (Å²) in [7, 11) is 0. The van der Waals surface area contributed by atoms with E-state index in [1.165, 1.54) is 16.0 Å². The van der Waals surface area contributed by atoms with Gasteiger partial charge in [0.25, 0.3) is 0 Å². The molecule has 2 nitrogen and oxygen atoms in total. The van der Waals surface area contributed by atoms with Crippen molar-refractivity contribution < 1.29 is 0 Å². The van der Waals surface area contributed by atoms with E-state index in [2.05, 4.69) is 65.8 Å². The van der Waals surface area contributed by atoms with Crippen molar-refractivity contribution >= 4 is 11.3 Å². The Labute approximate surface area is 131 Å². The second-order valence-electron chi connectivity index (χ2n) is 6.03. The van der Waals surface area contributed by atoms with Gasteiger partial charge in [-0.15, -0.1) is 11.3 Å². The van der Waals surface area contributed by atoms with Crippen LogP contribution in [0.15, 0.2) is 41.8 Å². The molecule has 0 spiro atoms. The lowest BCUT2D eigenvalue weighted by Gasteiger charge is -2.35. The van der Waals surface area contributed by atoms with E-state index in [0.29, 0.717) is 12.0 Å². The van der Waals surface area contributed by atoms with E-state index in [4.69, 9.17) is 0 Å². The summed E-state index contributed by atoms with van der Waals surface area (Å²) in [6.07, 6.45) is 0. The predicted molar refractivity (Wildman–Crippen MR) is 91.1 cm³/mol. The van der Waals surface area contributed by atoms with Crippen LogP contribution in [0.5, 0.6) is 0 Å². The highest BCUT2D eigenvalue weighted by Crippen LogP contribution is 2.32. The molecule has 0 saturated carbocycles. The van der Waals surface area contributed by atoms with E-state index < -0.39 is 0 Å². The Bertz CT molecular complexity index is 539. The molecule has 1 atom stereocenters. The van der Waals surface area contributed by atoms with Crippen molar-refractivity contribution in [2.24, 2.45) is 0 Å². The van der Waals surface area contributed by atoms with E-state index in [0.717, 1.165) is 26.2 Å². The molecule has 0 radical (unpaired) electrons. The van der Waals surface area contributed by atoms with Crippen LogP contribution >= 0.6 is 11.3 Å². The van der Waals surface area contributed by atoms with Crippen LogP contribution in [0.1, 0.15) is 41.8 Å². The highest BCUT2D eigenvalue weighted by Gasteiger charge is 2.24. The molecular weight excluding hydrogens is 276 g/mol. The fraction of sp³-hybridized carbons (Fsp3) is 0.444. The average Bonchev–Trinajstić information content (AvgIpc) is 3.03. The molecule has 3 heteroatoms. The third kappa shape index (κ3) is 3.37. The molecule has 2 aromatic rings. The molecule has 112 valence electrons. The number of benzene rings is 1. The van der Waals surface area contributed by atoms with Gasteiger partial charge < -0.3 is 5.32 Å². The van der Waals surface area contributed by atoms with Gasteiger partial charge in [0.05, 0.1) is 6.04 Å². The van der Waals surface area contributed by atoms with Gasteiger partial charge in [0.2, 0.25) is 0 Å². The van der Waals surface area contributed by atoms with E-state index in [1.54, 1.807) is 0 Å². The average molecular weight is 300 g/mol. The zero-order valence-electron chi connectivity index (χ0n) is 12.9. The quantitative estimate of drug-likeness (QED) is 0.922. The van der Waals surface area contributed by atoms with Gasteiger partial charge in [0.15, 0.2) is 0 Å². The van der Waals surface area contributed by atoms with Crippen LogP contribution in [-0.2, 0) is 0 Å². The van der Waals surface area contributed by atoms with Gasteiger partial charge in [-0.1, -0.05) is 44.2 Å². The molecule has 2 heterocycles. The Hall–Kier alpha value is -1.16. The summed E-state index contributed by atoms with van der Waals surface area (Å²) in [4.78, 5) is 4.06. The number of hydrogen-bond donors (Lipinski definition) is 1. The maximum absolute atomic E-state index is 3.45. The molecule has 1 aromatic carbocycles. The van der Waals surface area contributed by atoms with Crippen molar-refractivity contribution in [3.8, 4) is 0 Å². The van der Waals surface area contributed by atoms with Crippen LogP contribution in [0, 0.1) is 0 Å². The van der Waals surface area contributed by atoms with Crippen molar-refractivity contribution in [2.75, 3.05) is 26.2 Å². The summed E-state index contributed by atoms with van der Waals surface area (Å²) in [6, 6.07) is 14.1. The largest absolute Gasteiger partial charge is 0.314 e. The van der Waals surface area contributed by atoms with Gasteiger partial charge in [0.1, 0.15) is 0 Å². The zero-order chi connectivity index (χ0) is 14.7. The predicted octanol–water partition coefficient (Wildman–Crippen LogP) is 3.87. The van der Waals surface area contributed by atoms with Crippen molar-refractivity contribution in [1.82, 2.24) is 10.2 Å². The molecule has 21 heavy (non-hydrogen) atoms. The Morgan fingerprint density at radius 3 is 2.24 bits per heavy atom. The molecule has 1 aliphatic heterocycles. The normalized spacial score (nSPS) is 18.0. The van der Waals surface area contributed by atoms with Gasteiger partial charge in [0, 0.05) is 31.1 Å². The summed E-state index contributed by atoms with van der Waals surface area (Å²) < 4.78 is 0. The minimum Gasteiger partial charge on any atom is -0.314 e. The summed E-state index contributed by atoms with van der Waals surface area (Å²) in [5.74, 6) is 0.596. The van der Waals surface area contributed by atoms with Crippen molar-refractivity contribution in [3.63, 3.8) is 0 Å². The smallest absolute Gasteiger partial charge is 0.0696 e. The van der Waals surface area contributed by atoms with Crippen LogP contribution in [-0.4, -0.2) is 31.1 Å². The van der Waals surface area contributed by atoms with Crippen molar-refractivity contribution in [2.45, 2.75) is 25.8 Å². The number of thiophene rings is 1. The van der Waals surface area contributed by atoms with Crippen LogP contribution in [0.3, 0.4) is 0 Å². The first kappa shape index (κ1) is 14.8. The summed E-state index contributed by atoms with van der Waals surface area (Å²) in [6.45, 7) is 8.92. The highest BCUT2D eigenvalue weighted by molar-refractivity contribution is 7.10. The number of nitrogens with zero attached hydrogens (tertiary/aromatic N) is 1. The summed E-state index contributed by atoms with van der Waals surface area (Å²) in [5, 5.41) is 5.64. The highest BCUT2D eigenvalue weighted by atomic mass is 32.1. The lowest BCUT2D eigenvalue weighted by Crippen LogP contribution is -2.45. The maximum atomic E-state index is 3.45. The Morgan fingerprint density at radius 1 is 1.00 bits per heavy atom. The Kier molecular flexibility index (Phi) is 4.73. The number of piperazine rings is 1. The maximum Gasteiger partial charge on any atom is 0.0696 e. The molecule has 0 bridgehead atoms. The van der Waals surface area contributed by atoms with E-state index in [1.807, 2.05) is 11.3 Å². The molecule has 3 rings (SSSR count). The first-order chi connectivity index (χ1) is 10.3. The third-order valence-corrected chi connectivity index (χ3v) is 5.17. The van der Waals surface area contributed by atoms with Gasteiger partial charge >= 0.3 is 0 Å². The molecule has 0 amide bonds. The summed E-state index contributed by atoms with van der Waals surface area (Å²) >= 11 is 1.87. The number of hydrogen-bond acceptors (Lipinski definition) is 3. The van der Waals surface area contributed by atoms with Crippen molar-refractivity contribution in [1.29, 1.82) is 0 Å². The lowest BCUT2D eigenvalue weighted by molar-refractivity contribution is 0.200. The lowest BCUT2D eigenvalue weighted by atomic mass is 9.97. The SMILES string of the molecule is CC(C)c1ccc([C@@H](c2cccs2)N2CCNCC2)cc1. The molecule has 1 fully saturated rings. The monoisotopic (exact) mass is 300 g/mol. The van der Waals surface area contributed by atoms with Crippen LogP contribution in [0.25, 0.3) is 0 Å². The molecule has 0 unspecified atom stereocenters. The minimum absolute atomic E-state index is 0.410.